The minimum absolute atomic E-state index is 0.564. The van der Waals surface area contributed by atoms with Crippen LogP contribution in [0.1, 0.15) is 64.0 Å². The highest BCUT2D eigenvalue weighted by atomic mass is 15.2. The largest absolute Gasteiger partial charge is 0.367 e. The first kappa shape index (κ1) is 13.9. The van der Waals surface area contributed by atoms with Crippen LogP contribution in [0.25, 0.3) is 0 Å². The summed E-state index contributed by atoms with van der Waals surface area (Å²) >= 11 is 0. The monoisotopic (exact) mass is 273 g/mol. The van der Waals surface area contributed by atoms with Crippen molar-refractivity contribution in [3.63, 3.8) is 0 Å². The van der Waals surface area contributed by atoms with E-state index in [0.717, 1.165) is 5.82 Å². The Kier molecular flexibility index (Phi) is 4.25. The predicted octanol–water partition coefficient (Wildman–Crippen LogP) is 3.98. The van der Waals surface area contributed by atoms with Gasteiger partial charge in [-0.05, 0) is 64.1 Å². The highest BCUT2D eigenvalue weighted by molar-refractivity contribution is 5.38. The van der Waals surface area contributed by atoms with Gasteiger partial charge in [-0.3, -0.25) is 4.90 Å². The number of piperidine rings is 1. The van der Waals surface area contributed by atoms with Crippen LogP contribution in [0.15, 0.2) is 18.3 Å². The maximum atomic E-state index is 4.63. The number of hydrogen-bond acceptors (Lipinski definition) is 3. The minimum atomic E-state index is 0.564. The molecule has 3 heteroatoms. The average molecular weight is 273 g/mol. The van der Waals surface area contributed by atoms with Crippen LogP contribution in [-0.2, 0) is 0 Å². The van der Waals surface area contributed by atoms with Crippen molar-refractivity contribution >= 4 is 5.82 Å². The molecule has 1 saturated carbocycles. The second-order valence-electron chi connectivity index (χ2n) is 6.59. The molecule has 0 amide bonds. The van der Waals surface area contributed by atoms with Crippen LogP contribution >= 0.6 is 0 Å². The molecule has 1 aliphatic heterocycles. The maximum Gasteiger partial charge on any atom is 0.126 e. The molecule has 1 saturated heterocycles. The lowest BCUT2D eigenvalue weighted by atomic mass is 9.93. The summed E-state index contributed by atoms with van der Waals surface area (Å²) in [5.41, 5.74) is 1.39. The summed E-state index contributed by atoms with van der Waals surface area (Å²) in [4.78, 5) is 7.26. The van der Waals surface area contributed by atoms with E-state index in [2.05, 4.69) is 47.4 Å². The van der Waals surface area contributed by atoms with E-state index in [4.69, 9.17) is 0 Å². The van der Waals surface area contributed by atoms with Gasteiger partial charge in [-0.2, -0.15) is 0 Å². The van der Waals surface area contributed by atoms with E-state index >= 15 is 0 Å². The lowest BCUT2D eigenvalue weighted by molar-refractivity contribution is 0.112. The average Bonchev–Trinajstić information content (AvgIpc) is 2.43. The van der Waals surface area contributed by atoms with Crippen LogP contribution in [0.3, 0.4) is 0 Å². The molecule has 0 spiro atoms. The van der Waals surface area contributed by atoms with Crippen molar-refractivity contribution in [3.8, 4) is 0 Å². The van der Waals surface area contributed by atoms with Gasteiger partial charge in [0.05, 0.1) is 0 Å². The highest BCUT2D eigenvalue weighted by Crippen LogP contribution is 2.32. The molecule has 0 radical (unpaired) electrons. The number of likely N-dealkylation sites (tertiary alicyclic amines) is 1. The molecule has 1 N–H and O–H groups in total. The predicted molar refractivity (Wildman–Crippen MR) is 83.9 cm³/mol. The van der Waals surface area contributed by atoms with Gasteiger partial charge < -0.3 is 5.32 Å². The summed E-state index contributed by atoms with van der Waals surface area (Å²) in [5.74, 6) is 1.05. The molecular formula is C17H27N3. The van der Waals surface area contributed by atoms with Crippen LogP contribution in [0.5, 0.6) is 0 Å². The number of anilines is 1. The third kappa shape index (κ3) is 2.98. The Bertz CT molecular complexity index is 422. The molecule has 2 fully saturated rings. The number of nitrogens with one attached hydrogen (secondary N) is 1. The van der Waals surface area contributed by atoms with Gasteiger partial charge in [0.1, 0.15) is 5.82 Å². The summed E-state index contributed by atoms with van der Waals surface area (Å²) in [7, 11) is 0. The summed E-state index contributed by atoms with van der Waals surface area (Å²) < 4.78 is 0. The fraction of sp³-hybridized carbons (Fsp3) is 0.706. The van der Waals surface area contributed by atoms with E-state index in [-0.39, 0.29) is 0 Å². The number of rotatable bonds is 4. The van der Waals surface area contributed by atoms with Gasteiger partial charge in [0.2, 0.25) is 0 Å². The third-order valence-corrected chi connectivity index (χ3v) is 4.84. The highest BCUT2D eigenvalue weighted by Gasteiger charge is 2.26. The van der Waals surface area contributed by atoms with Crippen molar-refractivity contribution in [2.45, 2.75) is 70.5 Å². The molecule has 2 aliphatic rings. The van der Waals surface area contributed by atoms with E-state index < -0.39 is 0 Å². The van der Waals surface area contributed by atoms with Crippen molar-refractivity contribution in [2.24, 2.45) is 0 Å². The Morgan fingerprint density at radius 2 is 2.00 bits per heavy atom. The molecular weight excluding hydrogens is 246 g/mol. The Morgan fingerprint density at radius 1 is 1.15 bits per heavy atom. The molecule has 0 aromatic carbocycles. The van der Waals surface area contributed by atoms with Crippen molar-refractivity contribution < 1.29 is 0 Å². The molecule has 1 atom stereocenters. The van der Waals surface area contributed by atoms with Gasteiger partial charge in [-0.1, -0.05) is 12.5 Å². The molecule has 0 unspecified atom stereocenters. The van der Waals surface area contributed by atoms with Crippen LogP contribution in [0, 0.1) is 0 Å². The third-order valence-electron chi connectivity index (χ3n) is 4.84. The van der Waals surface area contributed by atoms with Crippen molar-refractivity contribution in [1.82, 2.24) is 9.88 Å². The van der Waals surface area contributed by atoms with E-state index in [1.54, 1.807) is 0 Å². The summed E-state index contributed by atoms with van der Waals surface area (Å²) in [6.07, 6.45) is 10.0. The van der Waals surface area contributed by atoms with E-state index in [9.17, 15) is 0 Å². The Morgan fingerprint density at radius 3 is 2.60 bits per heavy atom. The number of nitrogens with zero attached hydrogens (tertiary/aromatic N) is 2. The van der Waals surface area contributed by atoms with Gasteiger partial charge in [-0.25, -0.2) is 4.98 Å². The zero-order chi connectivity index (χ0) is 13.9. The summed E-state index contributed by atoms with van der Waals surface area (Å²) in [5, 5.41) is 3.52. The second-order valence-corrected chi connectivity index (χ2v) is 6.59. The Labute approximate surface area is 122 Å². The van der Waals surface area contributed by atoms with Gasteiger partial charge in [0.15, 0.2) is 0 Å². The molecule has 0 bridgehead atoms. The summed E-state index contributed by atoms with van der Waals surface area (Å²) in [6.45, 7) is 5.83. The zero-order valence-electron chi connectivity index (χ0n) is 12.8. The Balaban J connectivity index is 1.68. The molecule has 2 heterocycles. The molecule has 1 aliphatic carbocycles. The van der Waals surface area contributed by atoms with E-state index in [1.165, 1.54) is 50.6 Å². The van der Waals surface area contributed by atoms with E-state index in [1.807, 2.05) is 0 Å². The minimum Gasteiger partial charge on any atom is -0.367 e. The van der Waals surface area contributed by atoms with Crippen LogP contribution < -0.4 is 5.32 Å². The number of hydrogen-bond donors (Lipinski definition) is 1. The normalized spacial score (nSPS) is 24.6. The molecule has 1 aromatic heterocycles. The van der Waals surface area contributed by atoms with Gasteiger partial charge in [-0.15, -0.1) is 0 Å². The topological polar surface area (TPSA) is 28.2 Å². The van der Waals surface area contributed by atoms with Crippen LogP contribution in [0.4, 0.5) is 5.82 Å². The van der Waals surface area contributed by atoms with E-state index in [0.29, 0.717) is 18.1 Å². The van der Waals surface area contributed by atoms with Gasteiger partial charge >= 0.3 is 0 Å². The van der Waals surface area contributed by atoms with Gasteiger partial charge in [0.25, 0.3) is 0 Å². The first-order valence-corrected chi connectivity index (χ1v) is 8.22. The molecule has 20 heavy (non-hydrogen) atoms. The fourth-order valence-corrected chi connectivity index (χ4v) is 3.38. The lowest BCUT2D eigenvalue weighted by Gasteiger charge is -2.38. The molecule has 1 aromatic rings. The second kappa shape index (κ2) is 6.13. The maximum absolute atomic E-state index is 4.63. The first-order chi connectivity index (χ1) is 9.74. The lowest BCUT2D eigenvalue weighted by Crippen LogP contribution is -2.38. The number of pyridine rings is 1. The van der Waals surface area contributed by atoms with Crippen molar-refractivity contribution in [1.29, 1.82) is 0 Å². The zero-order valence-corrected chi connectivity index (χ0v) is 12.8. The SMILES string of the molecule is CC(C)N1CCCC[C@@H]1c1ccc(NC2CCC2)nc1. The molecule has 3 nitrogen and oxygen atoms in total. The smallest absolute Gasteiger partial charge is 0.126 e. The quantitative estimate of drug-likeness (QED) is 0.899. The summed E-state index contributed by atoms with van der Waals surface area (Å²) in [6, 6.07) is 6.29. The number of aromatic nitrogens is 1. The van der Waals surface area contributed by atoms with Crippen molar-refractivity contribution in [2.75, 3.05) is 11.9 Å². The fourth-order valence-electron chi connectivity index (χ4n) is 3.38. The van der Waals surface area contributed by atoms with Crippen LogP contribution in [0.2, 0.25) is 0 Å². The molecule has 110 valence electrons. The van der Waals surface area contributed by atoms with Crippen LogP contribution in [-0.4, -0.2) is 28.5 Å². The molecule has 3 rings (SSSR count). The van der Waals surface area contributed by atoms with Crippen molar-refractivity contribution in [3.05, 3.63) is 23.9 Å². The standard InChI is InChI=1S/C17H27N3/c1-13(2)20-11-4-3-8-16(20)14-9-10-17(18-12-14)19-15-6-5-7-15/h9-10,12-13,15-16H,3-8,11H2,1-2H3,(H,18,19)/t16-/m1/s1. The first-order valence-electron chi connectivity index (χ1n) is 8.22. The van der Waals surface area contributed by atoms with Gasteiger partial charge in [0, 0.05) is 24.3 Å². The Hall–Kier alpha value is -1.09.